The van der Waals surface area contributed by atoms with Crippen molar-refractivity contribution in [2.45, 2.75) is 38.6 Å². The molecule has 0 saturated carbocycles. The Kier molecular flexibility index (Phi) is 3.68. The number of thiocarbonyl (C=S) groups is 1. The van der Waals surface area contributed by atoms with Gasteiger partial charge in [0.25, 0.3) is 5.72 Å². The summed E-state index contributed by atoms with van der Waals surface area (Å²) in [6.07, 6.45) is -5.12. The highest BCUT2D eigenvalue weighted by molar-refractivity contribution is 7.80. The first-order valence-electron chi connectivity index (χ1n) is 5.03. The molecular weight excluding hydrogens is 255 g/mol. The van der Waals surface area contributed by atoms with E-state index in [1.54, 1.807) is 0 Å². The van der Waals surface area contributed by atoms with Crippen LogP contribution in [0.2, 0.25) is 0 Å². The van der Waals surface area contributed by atoms with E-state index in [1.807, 2.05) is 13.8 Å². The molecule has 8 heteroatoms. The van der Waals surface area contributed by atoms with Gasteiger partial charge in [0.1, 0.15) is 0 Å². The van der Waals surface area contributed by atoms with Gasteiger partial charge in [-0.2, -0.15) is 23.3 Å². The number of rotatable bonds is 2. The van der Waals surface area contributed by atoms with E-state index in [4.69, 9.17) is 5.73 Å². The van der Waals surface area contributed by atoms with Crippen LogP contribution in [-0.2, 0) is 0 Å². The molecule has 0 fully saturated rings. The smallest absolute Gasteiger partial charge is 0.375 e. The molecule has 0 bridgehead atoms. The Hall–Kier alpha value is -0.890. The third-order valence-electron chi connectivity index (χ3n) is 2.35. The number of aliphatic hydroxyl groups is 1. The van der Waals surface area contributed by atoms with Crippen LogP contribution in [0.3, 0.4) is 0 Å². The zero-order chi connectivity index (χ0) is 13.4. The van der Waals surface area contributed by atoms with Crippen molar-refractivity contribution in [2.75, 3.05) is 0 Å². The van der Waals surface area contributed by atoms with Crippen LogP contribution < -0.4 is 5.73 Å². The van der Waals surface area contributed by atoms with Gasteiger partial charge in [-0.05, 0) is 24.6 Å². The van der Waals surface area contributed by atoms with Crippen molar-refractivity contribution < 1.29 is 18.3 Å². The second kappa shape index (κ2) is 4.41. The highest BCUT2D eigenvalue weighted by atomic mass is 32.1. The average molecular weight is 269 g/mol. The van der Waals surface area contributed by atoms with Crippen LogP contribution in [0.1, 0.15) is 26.7 Å². The lowest BCUT2D eigenvalue weighted by Gasteiger charge is -2.32. The molecule has 1 aliphatic rings. The van der Waals surface area contributed by atoms with Crippen molar-refractivity contribution in [3.05, 3.63) is 0 Å². The molecule has 3 N–H and O–H groups in total. The Balaban J connectivity index is 3.01. The summed E-state index contributed by atoms with van der Waals surface area (Å²) in [4.78, 5) is 0. The third kappa shape index (κ3) is 2.68. The van der Waals surface area contributed by atoms with Gasteiger partial charge in [0.05, 0.1) is 0 Å². The van der Waals surface area contributed by atoms with E-state index in [0.29, 0.717) is 6.42 Å². The topological polar surface area (TPSA) is 61.8 Å². The highest BCUT2D eigenvalue weighted by Crippen LogP contribution is 2.40. The minimum absolute atomic E-state index is 0.137. The lowest BCUT2D eigenvalue weighted by Crippen LogP contribution is -2.57. The molecule has 0 amide bonds. The van der Waals surface area contributed by atoms with Gasteiger partial charge in [0, 0.05) is 12.1 Å². The van der Waals surface area contributed by atoms with Crippen LogP contribution in [0.4, 0.5) is 13.2 Å². The summed E-state index contributed by atoms with van der Waals surface area (Å²) in [7, 11) is 0. The molecular formula is C9H14F3N3OS. The first-order chi connectivity index (χ1) is 7.58. The Morgan fingerprint density at radius 3 is 2.47 bits per heavy atom. The van der Waals surface area contributed by atoms with E-state index in [9.17, 15) is 18.3 Å². The average Bonchev–Trinajstić information content (AvgIpc) is 2.41. The molecule has 98 valence electrons. The van der Waals surface area contributed by atoms with Gasteiger partial charge in [-0.1, -0.05) is 13.8 Å². The van der Waals surface area contributed by atoms with Crippen LogP contribution in [0, 0.1) is 5.92 Å². The summed E-state index contributed by atoms with van der Waals surface area (Å²) in [5, 5.41) is 13.0. The van der Waals surface area contributed by atoms with Gasteiger partial charge in [-0.15, -0.1) is 0 Å². The molecule has 0 aliphatic carbocycles. The molecule has 1 atom stereocenters. The lowest BCUT2D eigenvalue weighted by molar-refractivity contribution is -0.294. The van der Waals surface area contributed by atoms with Crippen molar-refractivity contribution in [3.63, 3.8) is 0 Å². The highest BCUT2D eigenvalue weighted by Gasteiger charge is 2.62. The van der Waals surface area contributed by atoms with Crippen molar-refractivity contribution in [1.82, 2.24) is 5.01 Å². The van der Waals surface area contributed by atoms with Crippen LogP contribution >= 0.6 is 12.2 Å². The van der Waals surface area contributed by atoms with Gasteiger partial charge < -0.3 is 10.8 Å². The monoisotopic (exact) mass is 269 g/mol. The fourth-order valence-electron chi connectivity index (χ4n) is 1.66. The molecule has 17 heavy (non-hydrogen) atoms. The summed E-state index contributed by atoms with van der Waals surface area (Å²) in [5.41, 5.74) is 2.29. The van der Waals surface area contributed by atoms with Crippen LogP contribution in [0.5, 0.6) is 0 Å². The number of hydrogen-bond acceptors (Lipinski definition) is 3. The molecule has 1 rings (SSSR count). The van der Waals surface area contributed by atoms with Crippen molar-refractivity contribution in [3.8, 4) is 0 Å². The van der Waals surface area contributed by atoms with E-state index in [0.717, 1.165) is 0 Å². The summed E-state index contributed by atoms with van der Waals surface area (Å²) >= 11 is 4.48. The third-order valence-corrected chi connectivity index (χ3v) is 2.52. The summed E-state index contributed by atoms with van der Waals surface area (Å²) in [6.45, 7) is 3.69. The van der Waals surface area contributed by atoms with Gasteiger partial charge in [-0.25, -0.2) is 0 Å². The van der Waals surface area contributed by atoms with Crippen LogP contribution in [-0.4, -0.2) is 32.8 Å². The fraction of sp³-hybridized carbons (Fsp3) is 0.778. The Morgan fingerprint density at radius 1 is 1.65 bits per heavy atom. The first kappa shape index (κ1) is 14.2. The molecule has 0 spiro atoms. The van der Waals surface area contributed by atoms with E-state index in [1.165, 1.54) is 0 Å². The zero-order valence-electron chi connectivity index (χ0n) is 9.45. The molecule has 0 aromatic heterocycles. The predicted octanol–water partition coefficient (Wildman–Crippen LogP) is 1.59. The zero-order valence-corrected chi connectivity index (χ0v) is 10.3. The Bertz CT molecular complexity index is 356. The van der Waals surface area contributed by atoms with E-state index in [-0.39, 0.29) is 16.6 Å². The first-order valence-corrected chi connectivity index (χ1v) is 5.44. The standard InChI is InChI=1S/C9H14F3N3OS/c1-5(2)3-6-4-8(16,9(10,11)12)15(14-6)7(13)17/h5,16H,3-4H2,1-2H3,(H2,13,17). The van der Waals surface area contributed by atoms with E-state index in [2.05, 4.69) is 17.3 Å². The van der Waals surface area contributed by atoms with Gasteiger partial charge in [0.15, 0.2) is 5.11 Å². The maximum atomic E-state index is 12.8. The molecule has 0 aromatic rings. The van der Waals surface area contributed by atoms with Gasteiger partial charge >= 0.3 is 6.18 Å². The fourth-order valence-corrected chi connectivity index (χ4v) is 1.85. The van der Waals surface area contributed by atoms with E-state index >= 15 is 0 Å². The predicted molar refractivity (Wildman–Crippen MR) is 61.1 cm³/mol. The largest absolute Gasteiger partial charge is 0.438 e. The molecule has 1 unspecified atom stereocenters. The second-order valence-corrected chi connectivity index (χ2v) is 4.82. The van der Waals surface area contributed by atoms with Gasteiger partial charge in [-0.3, -0.25) is 0 Å². The minimum Gasteiger partial charge on any atom is -0.375 e. The maximum absolute atomic E-state index is 12.8. The minimum atomic E-state index is -4.86. The number of nitrogens with two attached hydrogens (primary N) is 1. The summed E-state index contributed by atoms with van der Waals surface area (Å²) < 4.78 is 38.4. The number of halogens is 3. The molecule has 0 aromatic carbocycles. The number of nitrogens with zero attached hydrogens (tertiary/aromatic N) is 2. The Morgan fingerprint density at radius 2 is 2.18 bits per heavy atom. The van der Waals surface area contributed by atoms with Gasteiger partial charge in [0.2, 0.25) is 0 Å². The lowest BCUT2D eigenvalue weighted by atomic mass is 9.99. The summed E-state index contributed by atoms with van der Waals surface area (Å²) in [6, 6.07) is 0. The molecule has 1 aliphatic heterocycles. The number of hydrogen-bond donors (Lipinski definition) is 2. The van der Waals surface area contributed by atoms with Crippen LogP contribution in [0.25, 0.3) is 0 Å². The molecule has 0 saturated heterocycles. The number of hydrazone groups is 1. The van der Waals surface area contributed by atoms with Crippen molar-refractivity contribution in [2.24, 2.45) is 16.8 Å². The quantitative estimate of drug-likeness (QED) is 0.747. The molecule has 4 nitrogen and oxygen atoms in total. The maximum Gasteiger partial charge on any atom is 0.438 e. The van der Waals surface area contributed by atoms with E-state index < -0.39 is 23.4 Å². The SMILES string of the molecule is CC(C)CC1=NN(C(N)=S)C(O)(C(F)(F)F)C1. The molecule has 0 radical (unpaired) electrons. The second-order valence-electron chi connectivity index (χ2n) is 4.41. The van der Waals surface area contributed by atoms with Crippen LogP contribution in [0.15, 0.2) is 5.10 Å². The van der Waals surface area contributed by atoms with Crippen molar-refractivity contribution in [1.29, 1.82) is 0 Å². The number of alkyl halides is 3. The molecule has 1 heterocycles. The summed E-state index contributed by atoms with van der Waals surface area (Å²) in [5.74, 6) is 0.137. The normalized spacial score (nSPS) is 25.4. The van der Waals surface area contributed by atoms with Crippen molar-refractivity contribution >= 4 is 23.0 Å². The Labute approximate surface area is 102 Å².